The van der Waals surface area contributed by atoms with Crippen molar-refractivity contribution in [3.63, 3.8) is 0 Å². The van der Waals surface area contributed by atoms with Gasteiger partial charge in [-0.05, 0) is 50.4 Å². The Hall–Kier alpha value is -2.80. The van der Waals surface area contributed by atoms with Gasteiger partial charge < -0.3 is 10.2 Å². The largest absolute Gasteiger partial charge is 0.322 e. The number of carbonyl (C=O) groups excluding carboxylic acids is 3. The molecule has 2 aromatic rings. The standard InChI is InChI=1S/C22H23N3O3S/c1-14(2)24-20(27)17-9-4-5-10-18(17)25-19(26)11-12-22(24,25)21(28)23-15-7-6-8-16(13-15)29-3/h4-10,13-14H,11-12H2,1-3H3,(H,23,28)/t22-/m0/s1. The van der Waals surface area contributed by atoms with Gasteiger partial charge in [0.05, 0.1) is 11.3 Å². The van der Waals surface area contributed by atoms with Crippen LogP contribution in [0.1, 0.15) is 37.0 Å². The molecule has 0 saturated carbocycles. The van der Waals surface area contributed by atoms with E-state index in [9.17, 15) is 14.4 Å². The summed E-state index contributed by atoms with van der Waals surface area (Å²) in [4.78, 5) is 44.1. The molecule has 0 bridgehead atoms. The summed E-state index contributed by atoms with van der Waals surface area (Å²) in [5, 5.41) is 2.97. The van der Waals surface area contributed by atoms with Crippen molar-refractivity contribution < 1.29 is 14.4 Å². The van der Waals surface area contributed by atoms with E-state index in [1.165, 1.54) is 4.90 Å². The number of benzene rings is 2. The van der Waals surface area contributed by atoms with Crippen LogP contribution < -0.4 is 10.2 Å². The normalized spacial score (nSPS) is 20.7. The Labute approximate surface area is 174 Å². The topological polar surface area (TPSA) is 69.7 Å². The van der Waals surface area contributed by atoms with Crippen molar-refractivity contribution in [2.45, 2.75) is 43.3 Å². The molecule has 2 aliphatic rings. The molecule has 7 heteroatoms. The van der Waals surface area contributed by atoms with Crippen molar-refractivity contribution >= 4 is 40.9 Å². The van der Waals surface area contributed by atoms with Gasteiger partial charge in [0.25, 0.3) is 11.8 Å². The van der Waals surface area contributed by atoms with Crippen molar-refractivity contribution in [1.82, 2.24) is 4.90 Å². The zero-order valence-corrected chi connectivity index (χ0v) is 17.5. The highest BCUT2D eigenvalue weighted by atomic mass is 32.2. The lowest BCUT2D eigenvalue weighted by Crippen LogP contribution is -2.70. The maximum absolute atomic E-state index is 13.7. The molecule has 0 radical (unpaired) electrons. The monoisotopic (exact) mass is 409 g/mol. The summed E-state index contributed by atoms with van der Waals surface area (Å²) >= 11 is 1.58. The zero-order chi connectivity index (χ0) is 20.8. The van der Waals surface area contributed by atoms with Gasteiger partial charge in [-0.15, -0.1) is 11.8 Å². The van der Waals surface area contributed by atoms with E-state index in [0.29, 0.717) is 16.9 Å². The number of hydrogen-bond donors (Lipinski definition) is 1. The molecule has 0 aliphatic carbocycles. The molecule has 2 aromatic carbocycles. The van der Waals surface area contributed by atoms with Crippen LogP contribution in [0.25, 0.3) is 0 Å². The number of rotatable bonds is 4. The molecule has 0 aromatic heterocycles. The predicted octanol–water partition coefficient (Wildman–Crippen LogP) is 3.73. The summed E-state index contributed by atoms with van der Waals surface area (Å²) in [7, 11) is 0. The molecular weight excluding hydrogens is 386 g/mol. The first-order valence-electron chi connectivity index (χ1n) is 9.61. The van der Waals surface area contributed by atoms with Crippen molar-refractivity contribution in [1.29, 1.82) is 0 Å². The average molecular weight is 410 g/mol. The second kappa shape index (κ2) is 7.22. The third-order valence-electron chi connectivity index (χ3n) is 5.51. The quantitative estimate of drug-likeness (QED) is 0.781. The minimum Gasteiger partial charge on any atom is -0.322 e. The molecule has 2 aliphatic heterocycles. The highest BCUT2D eigenvalue weighted by Crippen LogP contribution is 2.45. The van der Waals surface area contributed by atoms with Crippen LogP contribution in [0.15, 0.2) is 53.4 Å². The second-order valence-corrected chi connectivity index (χ2v) is 8.40. The Bertz CT molecular complexity index is 1010. The smallest absolute Gasteiger partial charge is 0.271 e. The number of amides is 3. The van der Waals surface area contributed by atoms with E-state index in [1.807, 2.05) is 44.4 Å². The second-order valence-electron chi connectivity index (χ2n) is 7.52. The molecule has 150 valence electrons. The van der Waals surface area contributed by atoms with E-state index in [-0.39, 0.29) is 36.6 Å². The van der Waals surface area contributed by atoms with E-state index in [2.05, 4.69) is 5.32 Å². The van der Waals surface area contributed by atoms with Gasteiger partial charge in [0.15, 0.2) is 0 Å². The Morgan fingerprint density at radius 1 is 1.14 bits per heavy atom. The molecule has 1 fully saturated rings. The predicted molar refractivity (Wildman–Crippen MR) is 114 cm³/mol. The van der Waals surface area contributed by atoms with Crippen LogP contribution in [-0.2, 0) is 9.59 Å². The molecule has 0 unspecified atom stereocenters. The maximum atomic E-state index is 13.7. The van der Waals surface area contributed by atoms with Crippen LogP contribution in [0, 0.1) is 0 Å². The number of para-hydroxylation sites is 1. The summed E-state index contributed by atoms with van der Waals surface area (Å²) in [5.41, 5.74) is 0.228. The molecule has 0 spiro atoms. The molecular formula is C22H23N3O3S. The summed E-state index contributed by atoms with van der Waals surface area (Å²) in [5.74, 6) is -0.740. The third-order valence-corrected chi connectivity index (χ3v) is 6.23. The number of fused-ring (bicyclic) bond motifs is 3. The van der Waals surface area contributed by atoms with Gasteiger partial charge in [-0.2, -0.15) is 0 Å². The van der Waals surface area contributed by atoms with Crippen LogP contribution in [0.3, 0.4) is 0 Å². The summed E-state index contributed by atoms with van der Waals surface area (Å²) in [6, 6.07) is 14.3. The van der Waals surface area contributed by atoms with Crippen LogP contribution in [0.5, 0.6) is 0 Å². The number of hydrogen-bond acceptors (Lipinski definition) is 4. The molecule has 1 N–H and O–H groups in total. The fraction of sp³-hybridized carbons (Fsp3) is 0.318. The van der Waals surface area contributed by atoms with Crippen LogP contribution in [0.4, 0.5) is 11.4 Å². The zero-order valence-electron chi connectivity index (χ0n) is 16.6. The Kier molecular flexibility index (Phi) is 4.86. The minimum absolute atomic E-state index is 0.149. The number of thioether (sulfide) groups is 1. The van der Waals surface area contributed by atoms with Gasteiger partial charge in [0.2, 0.25) is 11.6 Å². The Morgan fingerprint density at radius 2 is 1.90 bits per heavy atom. The van der Waals surface area contributed by atoms with Crippen LogP contribution in [0.2, 0.25) is 0 Å². The van der Waals surface area contributed by atoms with Gasteiger partial charge in [-0.3, -0.25) is 19.3 Å². The van der Waals surface area contributed by atoms with Gasteiger partial charge in [-0.1, -0.05) is 18.2 Å². The first-order chi connectivity index (χ1) is 13.9. The van der Waals surface area contributed by atoms with Crippen LogP contribution in [-0.4, -0.2) is 40.6 Å². The minimum atomic E-state index is -1.37. The summed E-state index contributed by atoms with van der Waals surface area (Å²) < 4.78 is 0. The fourth-order valence-electron chi connectivity index (χ4n) is 4.34. The number of anilines is 2. The lowest BCUT2D eigenvalue weighted by Gasteiger charge is -2.50. The third kappa shape index (κ3) is 2.92. The van der Waals surface area contributed by atoms with Crippen molar-refractivity contribution in [2.24, 2.45) is 0 Å². The van der Waals surface area contributed by atoms with E-state index in [4.69, 9.17) is 0 Å². The number of nitrogens with one attached hydrogen (secondary N) is 1. The van der Waals surface area contributed by atoms with E-state index in [0.717, 1.165) is 4.90 Å². The first kappa shape index (κ1) is 19.5. The summed E-state index contributed by atoms with van der Waals surface area (Å²) in [6.07, 6.45) is 2.44. The lowest BCUT2D eigenvalue weighted by atomic mass is 9.94. The van der Waals surface area contributed by atoms with Gasteiger partial charge in [-0.25, -0.2) is 0 Å². The van der Waals surface area contributed by atoms with Crippen LogP contribution >= 0.6 is 11.8 Å². The van der Waals surface area contributed by atoms with Gasteiger partial charge in [0, 0.05) is 29.5 Å². The summed E-state index contributed by atoms with van der Waals surface area (Å²) in [6.45, 7) is 3.74. The molecule has 3 amide bonds. The SMILES string of the molecule is CSc1cccc(NC(=O)[C@]23CCC(=O)N2c2ccccc2C(=O)N3C(C)C)c1. The maximum Gasteiger partial charge on any atom is 0.271 e. The fourth-order valence-corrected chi connectivity index (χ4v) is 4.80. The Morgan fingerprint density at radius 3 is 2.62 bits per heavy atom. The Balaban J connectivity index is 1.84. The first-order valence-corrected chi connectivity index (χ1v) is 10.8. The van der Waals surface area contributed by atoms with Gasteiger partial charge >= 0.3 is 0 Å². The van der Waals surface area contributed by atoms with Crippen molar-refractivity contribution in [3.8, 4) is 0 Å². The number of nitrogens with zero attached hydrogens (tertiary/aromatic N) is 2. The molecule has 6 nitrogen and oxygen atoms in total. The van der Waals surface area contributed by atoms with E-state index in [1.54, 1.807) is 40.9 Å². The van der Waals surface area contributed by atoms with Crippen molar-refractivity contribution in [2.75, 3.05) is 16.5 Å². The number of carbonyl (C=O) groups is 3. The highest BCUT2D eigenvalue weighted by Gasteiger charge is 2.61. The van der Waals surface area contributed by atoms with Gasteiger partial charge in [0.1, 0.15) is 0 Å². The molecule has 4 rings (SSSR count). The van der Waals surface area contributed by atoms with Crippen molar-refractivity contribution in [3.05, 3.63) is 54.1 Å². The lowest BCUT2D eigenvalue weighted by molar-refractivity contribution is -0.129. The molecule has 2 heterocycles. The molecule has 29 heavy (non-hydrogen) atoms. The molecule has 1 saturated heterocycles. The average Bonchev–Trinajstić information content (AvgIpc) is 3.06. The molecule has 1 atom stereocenters. The highest BCUT2D eigenvalue weighted by molar-refractivity contribution is 7.98. The van der Waals surface area contributed by atoms with E-state index >= 15 is 0 Å². The van der Waals surface area contributed by atoms with E-state index < -0.39 is 5.66 Å².